The maximum absolute atomic E-state index is 13.4. The summed E-state index contributed by atoms with van der Waals surface area (Å²) in [6.07, 6.45) is 2.24. The lowest BCUT2D eigenvalue weighted by atomic mass is 9.87. The van der Waals surface area contributed by atoms with E-state index in [0.29, 0.717) is 34.3 Å². The second-order valence-electron chi connectivity index (χ2n) is 9.30. The minimum atomic E-state index is -0.354. The molecule has 5 nitrogen and oxygen atoms in total. The Balaban J connectivity index is 1.81. The third-order valence-corrected chi connectivity index (χ3v) is 5.42. The van der Waals surface area contributed by atoms with E-state index in [9.17, 15) is 14.0 Å². The number of fused-ring (bicyclic) bond motifs is 1. The Hall–Kier alpha value is -3.80. The van der Waals surface area contributed by atoms with Crippen molar-refractivity contribution in [2.45, 2.75) is 27.2 Å². The van der Waals surface area contributed by atoms with Crippen LogP contribution in [-0.4, -0.2) is 28.4 Å². The largest absolute Gasteiger partial charge is 0.355 e. The van der Waals surface area contributed by atoms with Gasteiger partial charge < -0.3 is 5.32 Å². The predicted molar refractivity (Wildman–Crippen MR) is 128 cm³/mol. The van der Waals surface area contributed by atoms with Crippen LogP contribution in [0.1, 0.15) is 47.9 Å². The summed E-state index contributed by atoms with van der Waals surface area (Å²) in [5, 5.41) is 7.26. The highest BCUT2D eigenvalue weighted by molar-refractivity contribution is 6.07. The van der Waals surface area contributed by atoms with Crippen molar-refractivity contribution in [3.63, 3.8) is 0 Å². The number of Topliss-reactive ketones (excluding diaryl/α,β-unsaturated/α-hetero) is 1. The Kier molecular flexibility index (Phi) is 5.85. The molecule has 0 unspecified atom stereocenters. The average molecular weight is 444 g/mol. The van der Waals surface area contributed by atoms with Gasteiger partial charge >= 0.3 is 0 Å². The van der Waals surface area contributed by atoms with E-state index < -0.39 is 0 Å². The molecule has 1 N–H and O–H groups in total. The van der Waals surface area contributed by atoms with E-state index in [4.69, 9.17) is 0 Å². The van der Waals surface area contributed by atoms with Crippen LogP contribution >= 0.6 is 0 Å². The summed E-state index contributed by atoms with van der Waals surface area (Å²) in [5.41, 5.74) is 4.46. The monoisotopic (exact) mass is 443 g/mol. The SMILES string of the molecule is CNC(=O)c1c(-c2ccc(F)cc2)nn2ccc(-c3cccc(C(=O)CC(C)(C)C)c3)cc12. The molecular formula is C27H26FN3O2. The van der Waals surface area contributed by atoms with Gasteiger partial charge in [0.05, 0.1) is 11.1 Å². The van der Waals surface area contributed by atoms with Crippen molar-refractivity contribution < 1.29 is 14.0 Å². The maximum atomic E-state index is 13.4. The summed E-state index contributed by atoms with van der Waals surface area (Å²) in [7, 11) is 1.56. The fourth-order valence-electron chi connectivity index (χ4n) is 3.84. The molecule has 0 atom stereocenters. The first-order valence-electron chi connectivity index (χ1n) is 10.8. The Morgan fingerprint density at radius 2 is 1.67 bits per heavy atom. The average Bonchev–Trinajstić information content (AvgIpc) is 3.16. The van der Waals surface area contributed by atoms with Gasteiger partial charge in [0.1, 0.15) is 11.5 Å². The molecule has 4 aromatic rings. The van der Waals surface area contributed by atoms with E-state index in [1.54, 1.807) is 29.9 Å². The lowest BCUT2D eigenvalue weighted by Gasteiger charge is -2.17. The van der Waals surface area contributed by atoms with Crippen LogP contribution in [0.4, 0.5) is 4.39 Å². The fourth-order valence-corrected chi connectivity index (χ4v) is 3.84. The number of aromatic nitrogens is 2. The normalized spacial score (nSPS) is 11.5. The number of hydrogen-bond acceptors (Lipinski definition) is 3. The van der Waals surface area contributed by atoms with Crippen LogP contribution in [0.2, 0.25) is 0 Å². The van der Waals surface area contributed by atoms with Gasteiger partial charge in [0.25, 0.3) is 5.91 Å². The molecule has 2 aromatic heterocycles. The number of halogens is 1. The van der Waals surface area contributed by atoms with Gasteiger partial charge in [0.2, 0.25) is 0 Å². The van der Waals surface area contributed by atoms with E-state index in [-0.39, 0.29) is 22.9 Å². The van der Waals surface area contributed by atoms with Crippen LogP contribution in [0.15, 0.2) is 66.9 Å². The third kappa shape index (κ3) is 4.70. The van der Waals surface area contributed by atoms with E-state index in [0.717, 1.165) is 11.1 Å². The van der Waals surface area contributed by atoms with Crippen LogP contribution < -0.4 is 5.32 Å². The summed E-state index contributed by atoms with van der Waals surface area (Å²) < 4.78 is 15.1. The lowest BCUT2D eigenvalue weighted by molar-refractivity contribution is 0.0937. The number of benzene rings is 2. The molecule has 0 fully saturated rings. The Morgan fingerprint density at radius 1 is 0.970 bits per heavy atom. The maximum Gasteiger partial charge on any atom is 0.255 e. The van der Waals surface area contributed by atoms with Crippen molar-refractivity contribution in [2.75, 3.05) is 7.05 Å². The number of nitrogens with zero attached hydrogens (tertiary/aromatic N) is 2. The first-order chi connectivity index (χ1) is 15.7. The van der Waals surface area contributed by atoms with E-state index in [2.05, 4.69) is 10.4 Å². The summed E-state index contributed by atoms with van der Waals surface area (Å²) >= 11 is 0. The molecule has 0 saturated carbocycles. The predicted octanol–water partition coefficient (Wildman–Crippen LogP) is 5.79. The molecular weight excluding hydrogens is 417 g/mol. The molecule has 1 amide bonds. The van der Waals surface area contributed by atoms with E-state index in [1.807, 2.05) is 57.2 Å². The van der Waals surface area contributed by atoms with Gasteiger partial charge in [-0.2, -0.15) is 5.10 Å². The Bertz CT molecular complexity index is 1350. The quantitative estimate of drug-likeness (QED) is 0.397. The first kappa shape index (κ1) is 22.4. The van der Waals surface area contributed by atoms with Gasteiger partial charge in [-0.1, -0.05) is 39.0 Å². The summed E-state index contributed by atoms with van der Waals surface area (Å²) in [6, 6.07) is 17.2. The Morgan fingerprint density at radius 3 is 2.33 bits per heavy atom. The minimum absolute atomic E-state index is 0.0945. The molecule has 168 valence electrons. The standard InChI is InChI=1S/C27H26FN3O2/c1-27(2,3)16-23(32)20-7-5-6-18(14-20)19-12-13-31-22(15-19)24(26(33)29-4)25(30-31)17-8-10-21(28)11-9-17/h5-15H,16H2,1-4H3,(H,29,33). The molecule has 0 spiro atoms. The number of carbonyl (C=O) groups is 2. The number of amides is 1. The van der Waals surface area contributed by atoms with Crippen LogP contribution in [0.3, 0.4) is 0 Å². The fraction of sp³-hybridized carbons (Fsp3) is 0.222. The zero-order chi connectivity index (χ0) is 23.8. The van der Waals surface area contributed by atoms with Crippen molar-refractivity contribution in [3.05, 3.63) is 83.8 Å². The highest BCUT2D eigenvalue weighted by Crippen LogP contribution is 2.30. The molecule has 6 heteroatoms. The number of carbonyl (C=O) groups excluding carboxylic acids is 2. The van der Waals surface area contributed by atoms with Crippen LogP contribution in [0.5, 0.6) is 0 Å². The van der Waals surface area contributed by atoms with Crippen LogP contribution in [0, 0.1) is 11.2 Å². The molecule has 2 heterocycles. The van der Waals surface area contributed by atoms with Gasteiger partial charge in [-0.05, 0) is 59.0 Å². The molecule has 0 radical (unpaired) electrons. The van der Waals surface area contributed by atoms with Crippen LogP contribution in [0.25, 0.3) is 27.9 Å². The van der Waals surface area contributed by atoms with Gasteiger partial charge in [0.15, 0.2) is 5.78 Å². The van der Waals surface area contributed by atoms with Gasteiger partial charge in [-0.3, -0.25) is 9.59 Å². The second kappa shape index (κ2) is 8.62. The molecule has 0 aliphatic heterocycles. The summed E-state index contributed by atoms with van der Waals surface area (Å²) in [6.45, 7) is 6.13. The highest BCUT2D eigenvalue weighted by Gasteiger charge is 2.21. The lowest BCUT2D eigenvalue weighted by Crippen LogP contribution is -2.18. The van der Waals surface area contributed by atoms with Crippen molar-refractivity contribution in [2.24, 2.45) is 5.41 Å². The number of pyridine rings is 1. The molecule has 0 bridgehead atoms. The molecule has 2 aromatic carbocycles. The van der Waals surface area contributed by atoms with E-state index in [1.165, 1.54) is 12.1 Å². The topological polar surface area (TPSA) is 63.5 Å². The summed E-state index contributed by atoms with van der Waals surface area (Å²) in [4.78, 5) is 25.5. The van der Waals surface area contributed by atoms with Crippen molar-refractivity contribution in [1.82, 2.24) is 14.9 Å². The zero-order valence-electron chi connectivity index (χ0n) is 19.1. The van der Waals surface area contributed by atoms with E-state index >= 15 is 0 Å². The zero-order valence-corrected chi connectivity index (χ0v) is 19.1. The Labute approximate surface area is 192 Å². The smallest absolute Gasteiger partial charge is 0.255 e. The van der Waals surface area contributed by atoms with Crippen molar-refractivity contribution in [3.8, 4) is 22.4 Å². The molecule has 4 rings (SSSR count). The number of nitrogens with one attached hydrogen (secondary N) is 1. The second-order valence-corrected chi connectivity index (χ2v) is 9.30. The molecule has 0 aliphatic carbocycles. The third-order valence-electron chi connectivity index (χ3n) is 5.42. The first-order valence-corrected chi connectivity index (χ1v) is 10.8. The van der Waals surface area contributed by atoms with Gasteiger partial charge in [-0.25, -0.2) is 8.91 Å². The molecule has 33 heavy (non-hydrogen) atoms. The van der Waals surface area contributed by atoms with Gasteiger partial charge in [0, 0.05) is 30.8 Å². The van der Waals surface area contributed by atoms with Crippen molar-refractivity contribution >= 4 is 17.2 Å². The molecule has 0 saturated heterocycles. The number of ketones is 1. The van der Waals surface area contributed by atoms with Crippen LogP contribution in [-0.2, 0) is 0 Å². The molecule has 0 aliphatic rings. The van der Waals surface area contributed by atoms with Gasteiger partial charge in [-0.15, -0.1) is 0 Å². The number of rotatable bonds is 5. The number of hydrogen-bond donors (Lipinski definition) is 1. The van der Waals surface area contributed by atoms with Crippen molar-refractivity contribution in [1.29, 1.82) is 0 Å². The summed E-state index contributed by atoms with van der Waals surface area (Å²) in [5.74, 6) is -0.540. The highest BCUT2D eigenvalue weighted by atomic mass is 19.1. The minimum Gasteiger partial charge on any atom is -0.355 e.